The van der Waals surface area contributed by atoms with E-state index in [2.05, 4.69) is 27.3 Å². The summed E-state index contributed by atoms with van der Waals surface area (Å²) in [7, 11) is 1.88. The number of carbonyl (C=O) groups is 1. The van der Waals surface area contributed by atoms with E-state index in [0.29, 0.717) is 0 Å². The van der Waals surface area contributed by atoms with Gasteiger partial charge in [0, 0.05) is 17.3 Å². The number of nitrogens with zero attached hydrogens (tertiary/aromatic N) is 4. The van der Waals surface area contributed by atoms with E-state index in [1.165, 1.54) is 28.6 Å². The number of carbonyl (C=O) groups excluding carboxylic acids is 1. The fraction of sp³-hybridized carbons (Fsp3) is 0.500. The van der Waals surface area contributed by atoms with Gasteiger partial charge < -0.3 is 5.32 Å². The van der Waals surface area contributed by atoms with Crippen LogP contribution < -0.4 is 5.32 Å². The van der Waals surface area contributed by atoms with Gasteiger partial charge in [-0.1, -0.05) is 18.7 Å². The molecule has 28 heavy (non-hydrogen) atoms. The second kappa shape index (κ2) is 7.48. The fourth-order valence-corrected chi connectivity index (χ4v) is 6.10. The molecule has 6 nitrogen and oxygen atoms in total. The van der Waals surface area contributed by atoms with Gasteiger partial charge >= 0.3 is 0 Å². The molecule has 1 amide bonds. The van der Waals surface area contributed by atoms with Gasteiger partial charge in [0.25, 0.3) is 0 Å². The van der Waals surface area contributed by atoms with Crippen molar-refractivity contribution in [3.05, 3.63) is 28.2 Å². The highest BCUT2D eigenvalue weighted by atomic mass is 32.2. The molecule has 3 heterocycles. The predicted octanol–water partition coefficient (Wildman–Crippen LogP) is 4.29. The van der Waals surface area contributed by atoms with Crippen LogP contribution in [0.15, 0.2) is 11.4 Å². The van der Waals surface area contributed by atoms with Crippen LogP contribution in [0.3, 0.4) is 0 Å². The van der Waals surface area contributed by atoms with Gasteiger partial charge in [-0.05, 0) is 51.5 Å². The van der Waals surface area contributed by atoms with Crippen molar-refractivity contribution in [1.29, 1.82) is 0 Å². The Bertz CT molecular complexity index is 1050. The molecule has 4 rings (SSSR count). The molecule has 0 saturated heterocycles. The van der Waals surface area contributed by atoms with Gasteiger partial charge in [0.1, 0.15) is 16.2 Å². The Labute approximate surface area is 173 Å². The van der Waals surface area contributed by atoms with Crippen molar-refractivity contribution in [3.63, 3.8) is 0 Å². The standard InChI is InChI=1S/C20H25N5OS2/c1-10-6-7-14-15(8-10)28-20-16(14)19(21-9-22-20)27-13(4)18(26)23-17-11(2)24-25(5)12(17)3/h9-10,13H,6-8H2,1-5H3,(H,23,26)/t10-,13+/m1/s1. The van der Waals surface area contributed by atoms with Gasteiger partial charge in [0.05, 0.1) is 22.3 Å². The first kappa shape index (κ1) is 19.4. The highest BCUT2D eigenvalue weighted by Crippen LogP contribution is 2.41. The summed E-state index contributed by atoms with van der Waals surface area (Å²) in [5.74, 6) is 0.689. The van der Waals surface area contributed by atoms with Gasteiger partial charge in [-0.15, -0.1) is 11.3 Å². The zero-order valence-corrected chi connectivity index (χ0v) is 18.5. The Morgan fingerprint density at radius 1 is 1.39 bits per heavy atom. The molecule has 3 aromatic rings. The summed E-state index contributed by atoms with van der Waals surface area (Å²) < 4.78 is 1.79. The number of hydrogen-bond donors (Lipinski definition) is 1. The largest absolute Gasteiger partial charge is 0.322 e. The Hall–Kier alpha value is -1.93. The van der Waals surface area contributed by atoms with Crippen LogP contribution in [0.1, 0.15) is 42.1 Å². The van der Waals surface area contributed by atoms with E-state index in [1.54, 1.807) is 22.3 Å². The zero-order chi connectivity index (χ0) is 20.0. The Morgan fingerprint density at radius 2 is 2.18 bits per heavy atom. The second-order valence-corrected chi connectivity index (χ2v) is 10.0. The van der Waals surface area contributed by atoms with Gasteiger partial charge in [-0.3, -0.25) is 9.48 Å². The maximum atomic E-state index is 12.8. The van der Waals surface area contributed by atoms with Gasteiger partial charge in [-0.2, -0.15) is 5.10 Å². The van der Waals surface area contributed by atoms with Crippen molar-refractivity contribution >= 4 is 44.9 Å². The summed E-state index contributed by atoms with van der Waals surface area (Å²) in [4.78, 5) is 24.3. The van der Waals surface area contributed by atoms with E-state index < -0.39 is 0 Å². The molecule has 0 bridgehead atoms. The van der Waals surface area contributed by atoms with Crippen molar-refractivity contribution in [1.82, 2.24) is 19.7 Å². The van der Waals surface area contributed by atoms with E-state index in [0.717, 1.165) is 51.1 Å². The summed E-state index contributed by atoms with van der Waals surface area (Å²) in [5, 5.41) is 9.22. The molecule has 1 aliphatic rings. The molecule has 1 N–H and O–H groups in total. The molecule has 2 atom stereocenters. The number of thioether (sulfide) groups is 1. The first-order valence-electron chi connectivity index (χ1n) is 9.58. The summed E-state index contributed by atoms with van der Waals surface area (Å²) in [5.41, 5.74) is 3.98. The fourth-order valence-electron chi connectivity index (χ4n) is 3.74. The number of hydrogen-bond acceptors (Lipinski definition) is 6. The maximum Gasteiger partial charge on any atom is 0.237 e. The van der Waals surface area contributed by atoms with Crippen LogP contribution in [0.2, 0.25) is 0 Å². The third-order valence-corrected chi connectivity index (χ3v) is 7.73. The lowest BCUT2D eigenvalue weighted by Crippen LogP contribution is -2.23. The van der Waals surface area contributed by atoms with E-state index in [4.69, 9.17) is 0 Å². The number of aryl methyl sites for hydroxylation is 3. The molecule has 0 spiro atoms. The van der Waals surface area contributed by atoms with E-state index >= 15 is 0 Å². The minimum atomic E-state index is -0.268. The van der Waals surface area contributed by atoms with Crippen LogP contribution in [-0.2, 0) is 24.7 Å². The normalized spacial score (nSPS) is 17.5. The average Bonchev–Trinajstić information content (AvgIpc) is 3.13. The minimum absolute atomic E-state index is 0.0336. The van der Waals surface area contributed by atoms with E-state index in [-0.39, 0.29) is 11.2 Å². The van der Waals surface area contributed by atoms with E-state index in [1.807, 2.05) is 27.8 Å². The van der Waals surface area contributed by atoms with Gasteiger partial charge in [-0.25, -0.2) is 9.97 Å². The van der Waals surface area contributed by atoms with Crippen molar-refractivity contribution in [3.8, 4) is 0 Å². The SMILES string of the molecule is Cc1nn(C)c(C)c1NC(=O)[C@H](C)Sc1ncnc2sc3c(c12)CC[C@@H](C)C3. The molecule has 0 radical (unpaired) electrons. The van der Waals surface area contributed by atoms with Gasteiger partial charge in [0.15, 0.2) is 0 Å². The lowest BCUT2D eigenvalue weighted by Gasteiger charge is -2.18. The Kier molecular flexibility index (Phi) is 5.18. The lowest BCUT2D eigenvalue weighted by molar-refractivity contribution is -0.115. The third kappa shape index (κ3) is 3.43. The van der Waals surface area contributed by atoms with Crippen molar-refractivity contribution in [2.45, 2.75) is 57.2 Å². The topological polar surface area (TPSA) is 72.7 Å². The second-order valence-electron chi connectivity index (χ2n) is 7.63. The quantitative estimate of drug-likeness (QED) is 0.508. The van der Waals surface area contributed by atoms with Crippen molar-refractivity contribution in [2.75, 3.05) is 5.32 Å². The molecule has 148 valence electrons. The Morgan fingerprint density at radius 3 is 2.89 bits per heavy atom. The monoisotopic (exact) mass is 415 g/mol. The molecular weight excluding hydrogens is 390 g/mol. The molecule has 0 unspecified atom stereocenters. The lowest BCUT2D eigenvalue weighted by atomic mass is 9.89. The first-order valence-corrected chi connectivity index (χ1v) is 11.3. The molecule has 0 aliphatic heterocycles. The summed E-state index contributed by atoms with van der Waals surface area (Å²) >= 11 is 3.30. The van der Waals surface area contributed by atoms with Crippen LogP contribution in [0, 0.1) is 19.8 Å². The molecule has 0 aromatic carbocycles. The molecule has 0 fully saturated rings. The summed E-state index contributed by atoms with van der Waals surface area (Å²) in [6.07, 6.45) is 5.02. The average molecular weight is 416 g/mol. The van der Waals surface area contributed by atoms with Crippen molar-refractivity contribution in [2.24, 2.45) is 13.0 Å². The smallest absolute Gasteiger partial charge is 0.237 e. The number of anilines is 1. The number of fused-ring (bicyclic) bond motifs is 3. The number of aromatic nitrogens is 4. The van der Waals surface area contributed by atoms with E-state index in [9.17, 15) is 4.79 Å². The number of amides is 1. The summed E-state index contributed by atoms with van der Waals surface area (Å²) in [6, 6.07) is 0. The zero-order valence-electron chi connectivity index (χ0n) is 16.9. The highest BCUT2D eigenvalue weighted by molar-refractivity contribution is 8.00. The van der Waals surface area contributed by atoms with Crippen LogP contribution in [0.25, 0.3) is 10.2 Å². The molecule has 1 aliphatic carbocycles. The highest BCUT2D eigenvalue weighted by Gasteiger charge is 2.25. The predicted molar refractivity (Wildman–Crippen MR) is 115 cm³/mol. The van der Waals surface area contributed by atoms with Gasteiger partial charge in [0.2, 0.25) is 5.91 Å². The molecular formula is C20H25N5OS2. The molecule has 8 heteroatoms. The van der Waals surface area contributed by atoms with Crippen LogP contribution >= 0.6 is 23.1 Å². The minimum Gasteiger partial charge on any atom is -0.322 e. The first-order chi connectivity index (χ1) is 13.3. The third-order valence-electron chi connectivity index (χ3n) is 5.47. The summed E-state index contributed by atoms with van der Waals surface area (Å²) in [6.45, 7) is 8.10. The number of nitrogens with one attached hydrogen (secondary N) is 1. The number of rotatable bonds is 4. The maximum absolute atomic E-state index is 12.8. The molecule has 3 aromatic heterocycles. The number of thiophene rings is 1. The molecule has 0 saturated carbocycles. The van der Waals surface area contributed by atoms with Crippen LogP contribution in [0.4, 0.5) is 5.69 Å². The van der Waals surface area contributed by atoms with Crippen LogP contribution in [-0.4, -0.2) is 30.9 Å². The van der Waals surface area contributed by atoms with Crippen molar-refractivity contribution < 1.29 is 4.79 Å². The van der Waals surface area contributed by atoms with Crippen LogP contribution in [0.5, 0.6) is 0 Å². The Balaban J connectivity index is 1.58.